The van der Waals surface area contributed by atoms with Crippen molar-refractivity contribution in [3.05, 3.63) is 29.8 Å². The average Bonchev–Trinajstić information content (AvgIpc) is 3.08. The summed E-state index contributed by atoms with van der Waals surface area (Å²) in [5, 5.41) is 3.68. The van der Waals surface area contributed by atoms with E-state index >= 15 is 0 Å². The lowest BCUT2D eigenvalue weighted by molar-refractivity contribution is -0.122. The van der Waals surface area contributed by atoms with Crippen LogP contribution in [0.1, 0.15) is 31.2 Å². The first-order chi connectivity index (χ1) is 11.7. The maximum atomic E-state index is 12.1. The minimum absolute atomic E-state index is 0.135. The summed E-state index contributed by atoms with van der Waals surface area (Å²) >= 11 is 1.98. The van der Waals surface area contributed by atoms with Gasteiger partial charge in [-0.2, -0.15) is 0 Å². The van der Waals surface area contributed by atoms with Gasteiger partial charge in [0.25, 0.3) is 0 Å². The Morgan fingerprint density at radius 1 is 1.33 bits per heavy atom. The number of benzene rings is 1. The highest BCUT2D eigenvalue weighted by atomic mass is 32.2. The van der Waals surface area contributed by atoms with Gasteiger partial charge in [0.1, 0.15) is 0 Å². The minimum atomic E-state index is 0.135. The fourth-order valence-electron chi connectivity index (χ4n) is 3.36. The largest absolute Gasteiger partial charge is 0.376 e. The molecule has 1 aromatic rings. The van der Waals surface area contributed by atoms with E-state index in [1.165, 1.54) is 10.5 Å². The number of hydrogen-bond acceptors (Lipinski definition) is 4. The number of carbonyl (C=O) groups is 1. The van der Waals surface area contributed by atoms with Crippen LogP contribution in [0.3, 0.4) is 0 Å². The van der Waals surface area contributed by atoms with Gasteiger partial charge in [-0.1, -0.05) is 17.7 Å². The molecule has 1 N–H and O–H groups in total. The van der Waals surface area contributed by atoms with E-state index in [1.807, 2.05) is 11.8 Å². The molecule has 0 bridgehead atoms. The number of likely N-dealkylation sites (tertiary alicyclic amines) is 1. The Balaban J connectivity index is 1.34. The molecule has 1 aromatic carbocycles. The Morgan fingerprint density at radius 3 is 2.88 bits per heavy atom. The fraction of sp³-hybridized carbons (Fsp3) is 0.632. The Morgan fingerprint density at radius 2 is 2.17 bits per heavy atom. The Hall–Kier alpha value is -1.04. The van der Waals surface area contributed by atoms with Crippen LogP contribution in [0, 0.1) is 6.92 Å². The topological polar surface area (TPSA) is 41.6 Å². The first-order valence-electron chi connectivity index (χ1n) is 9.03. The second-order valence-corrected chi connectivity index (χ2v) is 8.22. The SMILES string of the molecule is Cc1cccc(SC2CCN(CC(=O)NC[C@@H]3CCCO3)CC2)c1. The van der Waals surface area contributed by atoms with Crippen molar-refractivity contribution in [3.8, 4) is 0 Å². The van der Waals surface area contributed by atoms with Gasteiger partial charge in [0, 0.05) is 23.3 Å². The van der Waals surface area contributed by atoms with Crippen molar-refractivity contribution in [2.75, 3.05) is 32.8 Å². The predicted octanol–water partition coefficient (Wildman–Crippen LogP) is 2.85. The number of nitrogens with one attached hydrogen (secondary N) is 1. The van der Waals surface area contributed by atoms with Crippen LogP contribution < -0.4 is 5.32 Å². The van der Waals surface area contributed by atoms with Gasteiger partial charge in [-0.15, -0.1) is 11.8 Å². The van der Waals surface area contributed by atoms with Crippen molar-refractivity contribution in [2.24, 2.45) is 0 Å². The number of piperidine rings is 1. The van der Waals surface area contributed by atoms with Crippen LogP contribution in [0.5, 0.6) is 0 Å². The second-order valence-electron chi connectivity index (χ2n) is 6.85. The van der Waals surface area contributed by atoms with Crippen molar-refractivity contribution in [1.82, 2.24) is 10.2 Å². The van der Waals surface area contributed by atoms with Crippen molar-refractivity contribution in [1.29, 1.82) is 0 Å². The number of hydrogen-bond donors (Lipinski definition) is 1. The van der Waals surface area contributed by atoms with Crippen LogP contribution in [-0.2, 0) is 9.53 Å². The Bertz CT molecular complexity index is 538. The van der Waals surface area contributed by atoms with Crippen LogP contribution in [0.15, 0.2) is 29.2 Å². The van der Waals surface area contributed by atoms with E-state index in [-0.39, 0.29) is 12.0 Å². The maximum Gasteiger partial charge on any atom is 0.234 e. The molecule has 2 aliphatic rings. The molecule has 3 rings (SSSR count). The van der Waals surface area contributed by atoms with E-state index in [2.05, 4.69) is 41.4 Å². The van der Waals surface area contributed by atoms with Gasteiger partial charge in [0.15, 0.2) is 0 Å². The Labute approximate surface area is 149 Å². The fourth-order valence-corrected chi connectivity index (χ4v) is 4.60. The zero-order valence-corrected chi connectivity index (χ0v) is 15.3. The zero-order chi connectivity index (χ0) is 16.8. The normalized spacial score (nSPS) is 22.6. The number of nitrogens with zero attached hydrogens (tertiary/aromatic N) is 1. The standard InChI is InChI=1S/C19H28N2O2S/c1-15-4-2-6-18(12-15)24-17-7-9-21(10-8-17)14-19(22)20-13-16-5-3-11-23-16/h2,4,6,12,16-17H,3,5,7-11,13-14H2,1H3,(H,20,22)/t16-/m0/s1. The lowest BCUT2D eigenvalue weighted by atomic mass is 10.1. The van der Waals surface area contributed by atoms with E-state index in [0.717, 1.165) is 45.4 Å². The number of ether oxygens (including phenoxy) is 1. The molecule has 0 saturated carbocycles. The van der Waals surface area contributed by atoms with Crippen molar-refractivity contribution < 1.29 is 9.53 Å². The van der Waals surface area contributed by atoms with Crippen molar-refractivity contribution in [3.63, 3.8) is 0 Å². The molecule has 2 fully saturated rings. The molecule has 2 heterocycles. The highest BCUT2D eigenvalue weighted by Crippen LogP contribution is 2.30. The molecule has 2 aliphatic heterocycles. The van der Waals surface area contributed by atoms with Gasteiger partial charge in [0.05, 0.1) is 12.6 Å². The molecular formula is C19H28N2O2S. The predicted molar refractivity (Wildman–Crippen MR) is 98.5 cm³/mol. The number of thioether (sulfide) groups is 1. The molecular weight excluding hydrogens is 320 g/mol. The molecule has 0 aliphatic carbocycles. The summed E-state index contributed by atoms with van der Waals surface area (Å²) in [5.41, 5.74) is 1.32. The summed E-state index contributed by atoms with van der Waals surface area (Å²) in [6.45, 7) is 6.19. The number of aryl methyl sites for hydroxylation is 1. The molecule has 0 spiro atoms. The quantitative estimate of drug-likeness (QED) is 0.858. The van der Waals surface area contributed by atoms with Crippen molar-refractivity contribution >= 4 is 17.7 Å². The first kappa shape index (κ1) is 17.8. The smallest absolute Gasteiger partial charge is 0.234 e. The molecule has 1 atom stereocenters. The first-order valence-corrected chi connectivity index (χ1v) is 9.91. The minimum Gasteiger partial charge on any atom is -0.376 e. The van der Waals surface area contributed by atoms with Gasteiger partial charge in [-0.3, -0.25) is 9.69 Å². The number of carbonyl (C=O) groups excluding carboxylic acids is 1. The lowest BCUT2D eigenvalue weighted by Crippen LogP contribution is -2.43. The monoisotopic (exact) mass is 348 g/mol. The van der Waals surface area contributed by atoms with Crippen LogP contribution in [0.4, 0.5) is 0 Å². The maximum absolute atomic E-state index is 12.1. The molecule has 0 aromatic heterocycles. The highest BCUT2D eigenvalue weighted by molar-refractivity contribution is 8.00. The van der Waals surface area contributed by atoms with E-state index < -0.39 is 0 Å². The van der Waals surface area contributed by atoms with Crippen LogP contribution in [-0.4, -0.2) is 54.9 Å². The summed E-state index contributed by atoms with van der Waals surface area (Å²) in [6, 6.07) is 8.73. The molecule has 24 heavy (non-hydrogen) atoms. The lowest BCUT2D eigenvalue weighted by Gasteiger charge is -2.31. The van der Waals surface area contributed by atoms with Gasteiger partial charge < -0.3 is 10.1 Å². The third kappa shape index (κ3) is 5.50. The molecule has 0 radical (unpaired) electrons. The van der Waals surface area contributed by atoms with Gasteiger partial charge in [0.2, 0.25) is 5.91 Å². The Kier molecular flexibility index (Phi) is 6.58. The van der Waals surface area contributed by atoms with Crippen LogP contribution in [0.2, 0.25) is 0 Å². The summed E-state index contributed by atoms with van der Waals surface area (Å²) in [4.78, 5) is 15.7. The zero-order valence-electron chi connectivity index (χ0n) is 14.5. The highest BCUT2D eigenvalue weighted by Gasteiger charge is 2.22. The molecule has 132 valence electrons. The van der Waals surface area contributed by atoms with E-state index in [4.69, 9.17) is 4.74 Å². The number of amides is 1. The average molecular weight is 349 g/mol. The molecule has 2 saturated heterocycles. The third-order valence-corrected chi connectivity index (χ3v) is 6.08. The molecule has 0 unspecified atom stereocenters. The summed E-state index contributed by atoms with van der Waals surface area (Å²) < 4.78 is 5.54. The third-order valence-electron chi connectivity index (χ3n) is 4.74. The summed E-state index contributed by atoms with van der Waals surface area (Å²) in [6.07, 6.45) is 4.72. The molecule has 1 amide bonds. The van der Waals surface area contributed by atoms with E-state index in [9.17, 15) is 4.79 Å². The van der Waals surface area contributed by atoms with Crippen molar-refractivity contribution in [2.45, 2.75) is 48.9 Å². The van der Waals surface area contributed by atoms with E-state index in [0.29, 0.717) is 18.3 Å². The molecule has 4 nitrogen and oxygen atoms in total. The van der Waals surface area contributed by atoms with Crippen LogP contribution >= 0.6 is 11.8 Å². The molecule has 5 heteroatoms. The summed E-state index contributed by atoms with van der Waals surface area (Å²) in [7, 11) is 0. The van der Waals surface area contributed by atoms with E-state index in [1.54, 1.807) is 0 Å². The van der Waals surface area contributed by atoms with Gasteiger partial charge >= 0.3 is 0 Å². The second kappa shape index (κ2) is 8.88. The number of rotatable bonds is 6. The van der Waals surface area contributed by atoms with Gasteiger partial charge in [-0.25, -0.2) is 0 Å². The van der Waals surface area contributed by atoms with Gasteiger partial charge in [-0.05, 0) is 57.8 Å². The summed E-state index contributed by atoms with van der Waals surface area (Å²) in [5.74, 6) is 0.135. The van der Waals surface area contributed by atoms with Crippen LogP contribution in [0.25, 0.3) is 0 Å².